The topological polar surface area (TPSA) is 84.3 Å². The van der Waals surface area contributed by atoms with E-state index in [2.05, 4.69) is 67.7 Å². The standard InChI is InChI=1S/C22H23Cl2NO2.C19H17Cl2NO2/c1-12-8-13(2)19-14(11-25-18(19)9-12)10-16-17(23)7-6-15(20(16)24)21(26)27-22(3,4)5;1-10-6-11(2)17-12(9-22(3)16(17)7-10)8-14-15(20)5-4-13(18(14)21)19(23)24/h6-9,11,25H,10H2,1-5H3;4-7,9H,8H2,1-3H3,(H,23,24). The molecule has 0 spiro atoms. The molecular formula is C41H40Cl4N2O4. The predicted octanol–water partition coefficient (Wildman–Crippen LogP) is 12.0. The van der Waals surface area contributed by atoms with E-state index in [0.717, 1.165) is 38.5 Å². The molecule has 266 valence electrons. The van der Waals surface area contributed by atoms with Crippen LogP contribution in [0, 0.1) is 27.7 Å². The molecule has 0 aliphatic rings. The average molecular weight is 767 g/mol. The molecule has 0 saturated carbocycles. The van der Waals surface area contributed by atoms with Crippen molar-refractivity contribution < 1.29 is 19.4 Å². The first-order valence-electron chi connectivity index (χ1n) is 16.4. The minimum absolute atomic E-state index is 0.0730. The van der Waals surface area contributed by atoms with Crippen LogP contribution in [-0.4, -0.2) is 32.2 Å². The molecule has 0 aliphatic carbocycles. The zero-order chi connectivity index (χ0) is 37.5. The van der Waals surface area contributed by atoms with Gasteiger partial charge in [-0.05, 0) is 129 Å². The Kier molecular flexibility index (Phi) is 11.2. The van der Waals surface area contributed by atoms with Crippen LogP contribution in [0.3, 0.4) is 0 Å². The number of halogens is 4. The van der Waals surface area contributed by atoms with Crippen molar-refractivity contribution >= 4 is 80.1 Å². The average Bonchev–Trinajstić information content (AvgIpc) is 3.56. The highest BCUT2D eigenvalue weighted by Gasteiger charge is 2.23. The number of carbonyl (C=O) groups excluding carboxylic acids is 1. The molecule has 4 aromatic carbocycles. The molecular weight excluding hydrogens is 726 g/mol. The molecule has 51 heavy (non-hydrogen) atoms. The number of nitrogens with zero attached hydrogens (tertiary/aromatic N) is 1. The van der Waals surface area contributed by atoms with Crippen LogP contribution < -0.4 is 0 Å². The van der Waals surface area contributed by atoms with Gasteiger partial charge in [-0.3, -0.25) is 0 Å². The first-order chi connectivity index (χ1) is 23.9. The number of benzene rings is 4. The molecule has 0 atom stereocenters. The van der Waals surface area contributed by atoms with E-state index < -0.39 is 17.5 Å². The number of aromatic carboxylic acids is 1. The Morgan fingerprint density at radius 3 is 1.88 bits per heavy atom. The normalized spacial score (nSPS) is 11.5. The molecule has 6 nitrogen and oxygen atoms in total. The van der Waals surface area contributed by atoms with Gasteiger partial charge in [0.25, 0.3) is 0 Å². The van der Waals surface area contributed by atoms with Gasteiger partial charge in [0, 0.05) is 64.1 Å². The van der Waals surface area contributed by atoms with Gasteiger partial charge in [-0.1, -0.05) is 58.5 Å². The summed E-state index contributed by atoms with van der Waals surface area (Å²) in [5.41, 5.74) is 10.4. The molecule has 2 heterocycles. The van der Waals surface area contributed by atoms with Crippen molar-refractivity contribution in [1.29, 1.82) is 0 Å². The molecule has 2 N–H and O–H groups in total. The van der Waals surface area contributed by atoms with Gasteiger partial charge in [0.1, 0.15) is 5.60 Å². The summed E-state index contributed by atoms with van der Waals surface area (Å²) in [7, 11) is 2.00. The first kappa shape index (κ1) is 38.3. The number of fused-ring (bicyclic) bond motifs is 2. The number of ether oxygens (including phenoxy) is 1. The van der Waals surface area contributed by atoms with E-state index in [1.807, 2.05) is 34.0 Å². The Labute approximate surface area is 318 Å². The Morgan fingerprint density at radius 1 is 0.765 bits per heavy atom. The van der Waals surface area contributed by atoms with Crippen molar-refractivity contribution in [1.82, 2.24) is 9.55 Å². The highest BCUT2D eigenvalue weighted by Crippen LogP contribution is 2.36. The first-order valence-corrected chi connectivity index (χ1v) is 17.9. The minimum Gasteiger partial charge on any atom is -0.478 e. The molecule has 0 unspecified atom stereocenters. The van der Waals surface area contributed by atoms with Gasteiger partial charge >= 0.3 is 11.9 Å². The zero-order valence-electron chi connectivity index (χ0n) is 29.8. The third-order valence-electron chi connectivity index (χ3n) is 8.67. The summed E-state index contributed by atoms with van der Waals surface area (Å²) in [6.07, 6.45) is 5.04. The Hall–Kier alpha value is -3.94. The van der Waals surface area contributed by atoms with Crippen LogP contribution in [0.2, 0.25) is 20.1 Å². The number of rotatable bonds is 6. The van der Waals surface area contributed by atoms with E-state index in [1.165, 1.54) is 28.3 Å². The van der Waals surface area contributed by atoms with E-state index >= 15 is 0 Å². The number of nitrogens with one attached hydrogen (secondary N) is 1. The Morgan fingerprint density at radius 2 is 1.29 bits per heavy atom. The lowest BCUT2D eigenvalue weighted by Gasteiger charge is -2.20. The van der Waals surface area contributed by atoms with Crippen LogP contribution in [0.5, 0.6) is 0 Å². The Bertz CT molecular complexity index is 2330. The number of esters is 1. The molecule has 0 aliphatic heterocycles. The molecule has 0 radical (unpaired) electrons. The number of aromatic nitrogens is 2. The molecule has 0 amide bonds. The summed E-state index contributed by atoms with van der Waals surface area (Å²) in [5, 5.41) is 13.2. The second-order valence-corrected chi connectivity index (χ2v) is 15.6. The molecule has 2 aromatic heterocycles. The van der Waals surface area contributed by atoms with E-state index in [9.17, 15) is 14.7 Å². The van der Waals surface area contributed by atoms with Crippen LogP contribution in [0.1, 0.15) is 86.0 Å². The van der Waals surface area contributed by atoms with Crippen molar-refractivity contribution in [2.45, 2.75) is 66.9 Å². The van der Waals surface area contributed by atoms with E-state index in [1.54, 1.807) is 18.2 Å². The summed E-state index contributed by atoms with van der Waals surface area (Å²) in [6, 6.07) is 14.9. The SMILES string of the molecule is Cc1cc(C)c2c(Cc3c(Cl)ccc(C(=O)O)c3Cl)cn(C)c2c1.Cc1cc(C)c2c(Cc3c(Cl)ccc(C(=O)OC(C)(C)C)c3Cl)c[nH]c2c1. The van der Waals surface area contributed by atoms with Gasteiger partial charge in [-0.15, -0.1) is 0 Å². The van der Waals surface area contributed by atoms with Gasteiger partial charge in [-0.2, -0.15) is 0 Å². The number of hydrogen-bond acceptors (Lipinski definition) is 3. The molecule has 6 rings (SSSR count). The van der Waals surface area contributed by atoms with Gasteiger partial charge in [0.2, 0.25) is 0 Å². The summed E-state index contributed by atoms with van der Waals surface area (Å²) in [6.45, 7) is 13.8. The number of carboxylic acids is 1. The summed E-state index contributed by atoms with van der Waals surface area (Å²) in [5.74, 6) is -1.50. The second-order valence-electron chi connectivity index (χ2n) is 14.0. The van der Waals surface area contributed by atoms with E-state index in [-0.39, 0.29) is 10.6 Å². The number of hydrogen-bond donors (Lipinski definition) is 2. The fraction of sp³-hybridized carbons (Fsp3) is 0.268. The zero-order valence-corrected chi connectivity index (χ0v) is 32.8. The van der Waals surface area contributed by atoms with Crippen LogP contribution in [0.15, 0.2) is 60.9 Å². The maximum Gasteiger partial charge on any atom is 0.340 e. The fourth-order valence-electron chi connectivity index (χ4n) is 6.58. The van der Waals surface area contributed by atoms with Gasteiger partial charge in [0.05, 0.1) is 21.2 Å². The van der Waals surface area contributed by atoms with Crippen molar-refractivity contribution in [3.63, 3.8) is 0 Å². The maximum absolute atomic E-state index is 12.5. The molecule has 10 heteroatoms. The summed E-state index contributed by atoms with van der Waals surface area (Å²) < 4.78 is 7.54. The van der Waals surface area contributed by atoms with Crippen molar-refractivity contribution in [3.8, 4) is 0 Å². The molecule has 0 fully saturated rings. The smallest absolute Gasteiger partial charge is 0.340 e. The number of aryl methyl sites for hydroxylation is 5. The highest BCUT2D eigenvalue weighted by molar-refractivity contribution is 6.38. The van der Waals surface area contributed by atoms with Gasteiger partial charge in [0.15, 0.2) is 0 Å². The third kappa shape index (κ3) is 8.26. The van der Waals surface area contributed by atoms with Crippen molar-refractivity contribution in [2.24, 2.45) is 7.05 Å². The fourth-order valence-corrected chi connectivity index (χ4v) is 7.75. The highest BCUT2D eigenvalue weighted by atomic mass is 35.5. The number of H-pyrrole nitrogens is 1. The van der Waals surface area contributed by atoms with Crippen molar-refractivity contribution in [3.05, 3.63) is 137 Å². The molecule has 6 aromatic rings. The lowest BCUT2D eigenvalue weighted by molar-refractivity contribution is 0.00694. The predicted molar refractivity (Wildman–Crippen MR) is 211 cm³/mol. The summed E-state index contributed by atoms with van der Waals surface area (Å²) >= 11 is 25.6. The van der Waals surface area contributed by atoms with E-state index in [0.29, 0.717) is 39.0 Å². The monoisotopic (exact) mass is 764 g/mol. The van der Waals surface area contributed by atoms with Gasteiger partial charge < -0.3 is 19.4 Å². The van der Waals surface area contributed by atoms with Crippen LogP contribution in [0.25, 0.3) is 21.8 Å². The summed E-state index contributed by atoms with van der Waals surface area (Å²) in [4.78, 5) is 27.1. The van der Waals surface area contributed by atoms with Crippen LogP contribution >= 0.6 is 46.4 Å². The van der Waals surface area contributed by atoms with Crippen molar-refractivity contribution in [2.75, 3.05) is 0 Å². The van der Waals surface area contributed by atoms with E-state index in [4.69, 9.17) is 51.1 Å². The molecule has 0 saturated heterocycles. The number of carboxylic acid groups (broad SMARTS) is 1. The van der Waals surface area contributed by atoms with Crippen LogP contribution in [-0.2, 0) is 24.6 Å². The maximum atomic E-state index is 12.5. The third-order valence-corrected chi connectivity index (χ3v) is 10.2. The van der Waals surface area contributed by atoms with Crippen LogP contribution in [0.4, 0.5) is 0 Å². The number of carbonyl (C=O) groups is 2. The largest absolute Gasteiger partial charge is 0.478 e. The minimum atomic E-state index is -1.05. The lowest BCUT2D eigenvalue weighted by atomic mass is 9.98. The Balaban J connectivity index is 0.000000199. The lowest BCUT2D eigenvalue weighted by Crippen LogP contribution is -2.24. The number of aromatic amines is 1. The second kappa shape index (κ2) is 15.0. The quantitative estimate of drug-likeness (QED) is 0.165. The molecule has 0 bridgehead atoms. The van der Waals surface area contributed by atoms with Gasteiger partial charge in [-0.25, -0.2) is 9.59 Å².